The first-order chi connectivity index (χ1) is 13.7. The largest absolute Gasteiger partial charge is 0.309 e. The van der Waals surface area contributed by atoms with Gasteiger partial charge in [0.05, 0.1) is 17.2 Å². The van der Waals surface area contributed by atoms with Crippen molar-refractivity contribution in [2.24, 2.45) is 5.92 Å². The van der Waals surface area contributed by atoms with Crippen LogP contribution in [0.25, 0.3) is 0 Å². The van der Waals surface area contributed by atoms with Crippen LogP contribution in [-0.4, -0.2) is 38.7 Å². The van der Waals surface area contributed by atoms with E-state index in [2.05, 4.69) is 37.8 Å². The molecule has 0 aliphatic carbocycles. The monoisotopic (exact) mass is 395 g/mol. The molecular weight excluding hydrogens is 370 g/mol. The van der Waals surface area contributed by atoms with Gasteiger partial charge in [-0.3, -0.25) is 14.4 Å². The highest BCUT2D eigenvalue weighted by Crippen LogP contribution is 2.21. The number of rotatable bonds is 6. The predicted molar refractivity (Wildman–Crippen MR) is 111 cm³/mol. The number of aryl methyl sites for hydroxylation is 1. The fourth-order valence-electron chi connectivity index (χ4n) is 3.58. The average Bonchev–Trinajstić information content (AvgIpc) is 3.32. The maximum Gasteiger partial charge on any atom is 0.228 e. The zero-order chi connectivity index (χ0) is 19.3. The van der Waals surface area contributed by atoms with E-state index in [0.29, 0.717) is 12.4 Å². The van der Waals surface area contributed by atoms with Crippen LogP contribution in [-0.2, 0) is 17.9 Å². The third-order valence-electron chi connectivity index (χ3n) is 5.09. The molecule has 1 amide bonds. The van der Waals surface area contributed by atoms with Crippen LogP contribution < -0.4 is 5.32 Å². The van der Waals surface area contributed by atoms with Crippen LogP contribution in [0.5, 0.6) is 0 Å². The van der Waals surface area contributed by atoms with Crippen molar-refractivity contribution in [1.29, 1.82) is 0 Å². The summed E-state index contributed by atoms with van der Waals surface area (Å²) in [6.45, 7) is 5.47. The zero-order valence-corrected chi connectivity index (χ0v) is 16.9. The van der Waals surface area contributed by atoms with Crippen molar-refractivity contribution in [3.05, 3.63) is 64.2 Å². The highest BCUT2D eigenvalue weighted by atomic mass is 32.1. The standard InChI is InChI=1S/C21H25N5OS/c1-16-22-19(15-28-16)14-25-10-7-18(8-11-25)21(27)23-20-9-12-26(24-20)13-17-5-3-2-4-6-17/h2-6,9,12,15,18H,7-8,10-11,13-14H2,1H3,(H,23,24,27). The molecule has 28 heavy (non-hydrogen) atoms. The van der Waals surface area contributed by atoms with E-state index >= 15 is 0 Å². The Morgan fingerprint density at radius 2 is 1.96 bits per heavy atom. The molecule has 3 heterocycles. The van der Waals surface area contributed by atoms with Crippen molar-refractivity contribution >= 4 is 23.1 Å². The molecular formula is C21H25N5OS. The molecule has 1 aliphatic rings. The molecule has 0 spiro atoms. The Morgan fingerprint density at radius 1 is 1.18 bits per heavy atom. The summed E-state index contributed by atoms with van der Waals surface area (Å²) in [5, 5.41) is 10.7. The molecule has 1 N–H and O–H groups in total. The lowest BCUT2D eigenvalue weighted by molar-refractivity contribution is -0.121. The lowest BCUT2D eigenvalue weighted by Gasteiger charge is -2.30. The van der Waals surface area contributed by atoms with E-state index in [-0.39, 0.29) is 11.8 Å². The summed E-state index contributed by atoms with van der Waals surface area (Å²) in [6, 6.07) is 12.0. The number of hydrogen-bond donors (Lipinski definition) is 1. The highest BCUT2D eigenvalue weighted by Gasteiger charge is 2.25. The maximum atomic E-state index is 12.6. The average molecular weight is 396 g/mol. The van der Waals surface area contributed by atoms with Gasteiger partial charge in [-0.15, -0.1) is 11.3 Å². The molecule has 146 valence electrons. The second-order valence-corrected chi connectivity index (χ2v) is 8.34. The van der Waals surface area contributed by atoms with Gasteiger partial charge in [-0.25, -0.2) is 4.98 Å². The number of likely N-dealkylation sites (tertiary alicyclic amines) is 1. The van der Waals surface area contributed by atoms with Crippen LogP contribution in [0.2, 0.25) is 0 Å². The molecule has 1 saturated heterocycles. The number of nitrogens with one attached hydrogen (secondary N) is 1. The second kappa shape index (κ2) is 8.67. The van der Waals surface area contributed by atoms with Crippen molar-refractivity contribution in [2.45, 2.75) is 32.9 Å². The molecule has 3 aromatic rings. The summed E-state index contributed by atoms with van der Waals surface area (Å²) in [7, 11) is 0. The molecule has 6 nitrogen and oxygen atoms in total. The van der Waals surface area contributed by atoms with Crippen molar-refractivity contribution in [3.63, 3.8) is 0 Å². The number of thiazole rings is 1. The van der Waals surface area contributed by atoms with Gasteiger partial charge in [0.15, 0.2) is 5.82 Å². The van der Waals surface area contributed by atoms with Crippen molar-refractivity contribution in [3.8, 4) is 0 Å². The van der Waals surface area contributed by atoms with E-state index in [1.54, 1.807) is 11.3 Å². The first kappa shape index (κ1) is 18.8. The molecule has 4 rings (SSSR count). The number of aromatic nitrogens is 3. The lowest BCUT2D eigenvalue weighted by atomic mass is 9.96. The summed E-state index contributed by atoms with van der Waals surface area (Å²) >= 11 is 1.69. The third kappa shape index (κ3) is 4.85. The third-order valence-corrected chi connectivity index (χ3v) is 5.91. The molecule has 1 aromatic carbocycles. The minimum atomic E-state index is 0.0488. The van der Waals surface area contributed by atoms with Crippen LogP contribution in [0, 0.1) is 12.8 Å². The Bertz CT molecular complexity index is 912. The summed E-state index contributed by atoms with van der Waals surface area (Å²) in [4.78, 5) is 19.5. The second-order valence-electron chi connectivity index (χ2n) is 7.28. The van der Waals surface area contributed by atoms with Gasteiger partial charge in [-0.2, -0.15) is 5.10 Å². The number of carbonyl (C=O) groups is 1. The molecule has 0 unspecified atom stereocenters. The number of anilines is 1. The van der Waals surface area contributed by atoms with Crippen molar-refractivity contribution in [2.75, 3.05) is 18.4 Å². The topological polar surface area (TPSA) is 63.1 Å². The minimum Gasteiger partial charge on any atom is -0.309 e. The Morgan fingerprint density at radius 3 is 2.68 bits per heavy atom. The first-order valence-electron chi connectivity index (χ1n) is 9.67. The van der Waals surface area contributed by atoms with Gasteiger partial charge >= 0.3 is 0 Å². The van der Waals surface area contributed by atoms with Gasteiger partial charge < -0.3 is 5.32 Å². The number of nitrogens with zero attached hydrogens (tertiary/aromatic N) is 4. The van der Waals surface area contributed by atoms with Crippen molar-refractivity contribution < 1.29 is 4.79 Å². The summed E-state index contributed by atoms with van der Waals surface area (Å²) in [5.41, 5.74) is 2.32. The lowest BCUT2D eigenvalue weighted by Crippen LogP contribution is -2.37. The Kier molecular flexibility index (Phi) is 5.83. The first-order valence-corrected chi connectivity index (χ1v) is 10.6. The van der Waals surface area contributed by atoms with Crippen LogP contribution in [0.4, 0.5) is 5.82 Å². The van der Waals surface area contributed by atoms with E-state index in [1.165, 1.54) is 5.56 Å². The van der Waals surface area contributed by atoms with E-state index in [0.717, 1.165) is 43.2 Å². The van der Waals surface area contributed by atoms with Crippen LogP contribution in [0.3, 0.4) is 0 Å². The SMILES string of the molecule is Cc1nc(CN2CCC(C(=O)Nc3ccn(Cc4ccccc4)n3)CC2)cs1. The fourth-order valence-corrected chi connectivity index (χ4v) is 4.18. The molecule has 1 fully saturated rings. The summed E-state index contributed by atoms with van der Waals surface area (Å²) in [6.07, 6.45) is 3.65. The number of piperidine rings is 1. The Labute approximate surface area is 169 Å². The van der Waals surface area contributed by atoms with Gasteiger partial charge in [0, 0.05) is 30.1 Å². The van der Waals surface area contributed by atoms with Gasteiger partial charge in [-0.1, -0.05) is 30.3 Å². The van der Waals surface area contributed by atoms with E-state index in [1.807, 2.05) is 42.1 Å². The van der Waals surface area contributed by atoms with Crippen LogP contribution >= 0.6 is 11.3 Å². The predicted octanol–water partition coefficient (Wildman–Crippen LogP) is 3.55. The molecule has 0 radical (unpaired) electrons. The zero-order valence-electron chi connectivity index (χ0n) is 16.0. The summed E-state index contributed by atoms with van der Waals surface area (Å²) in [5.74, 6) is 0.753. The number of hydrogen-bond acceptors (Lipinski definition) is 5. The smallest absolute Gasteiger partial charge is 0.228 e. The van der Waals surface area contributed by atoms with E-state index in [4.69, 9.17) is 0 Å². The van der Waals surface area contributed by atoms with Gasteiger partial charge in [0.2, 0.25) is 5.91 Å². The highest BCUT2D eigenvalue weighted by molar-refractivity contribution is 7.09. The number of amides is 1. The van der Waals surface area contributed by atoms with Gasteiger partial charge in [-0.05, 0) is 38.4 Å². The maximum absolute atomic E-state index is 12.6. The van der Waals surface area contributed by atoms with E-state index < -0.39 is 0 Å². The summed E-state index contributed by atoms with van der Waals surface area (Å²) < 4.78 is 1.85. The van der Waals surface area contributed by atoms with Gasteiger partial charge in [0.1, 0.15) is 0 Å². The molecule has 2 aromatic heterocycles. The molecule has 1 aliphatic heterocycles. The molecule has 7 heteroatoms. The normalized spacial score (nSPS) is 15.6. The Balaban J connectivity index is 1.25. The molecule has 0 bridgehead atoms. The quantitative estimate of drug-likeness (QED) is 0.693. The number of carbonyl (C=O) groups excluding carboxylic acids is 1. The molecule has 0 saturated carbocycles. The van der Waals surface area contributed by atoms with Crippen LogP contribution in [0.1, 0.15) is 29.1 Å². The van der Waals surface area contributed by atoms with Gasteiger partial charge in [0.25, 0.3) is 0 Å². The van der Waals surface area contributed by atoms with E-state index in [9.17, 15) is 4.79 Å². The number of benzene rings is 1. The molecule has 0 atom stereocenters. The minimum absolute atomic E-state index is 0.0488. The Hall–Kier alpha value is -2.51. The van der Waals surface area contributed by atoms with Crippen LogP contribution in [0.15, 0.2) is 48.0 Å². The fraction of sp³-hybridized carbons (Fsp3) is 0.381. The van der Waals surface area contributed by atoms with Crippen molar-refractivity contribution in [1.82, 2.24) is 19.7 Å².